The van der Waals surface area contributed by atoms with Crippen LogP contribution in [0.1, 0.15) is 5.56 Å². The van der Waals surface area contributed by atoms with Gasteiger partial charge in [-0.3, -0.25) is 9.69 Å². The highest BCUT2D eigenvalue weighted by atomic mass is 16.5. The number of hydrogen-bond donors (Lipinski definition) is 1. The molecule has 0 saturated carbocycles. The number of rotatable bonds is 4. The van der Waals surface area contributed by atoms with E-state index in [0.717, 1.165) is 49.8 Å². The maximum atomic E-state index is 11.6. The zero-order valence-electron chi connectivity index (χ0n) is 16.9. The van der Waals surface area contributed by atoms with Crippen LogP contribution in [-0.2, 0) is 11.3 Å². The second kappa shape index (κ2) is 8.20. The Kier molecular flexibility index (Phi) is 5.11. The molecule has 1 saturated heterocycles. The van der Waals surface area contributed by atoms with E-state index in [2.05, 4.69) is 75.8 Å². The third-order valence-electron chi connectivity index (χ3n) is 5.77. The van der Waals surface area contributed by atoms with E-state index in [1.54, 1.807) is 0 Å². The zero-order valence-corrected chi connectivity index (χ0v) is 16.9. The molecule has 3 aromatic carbocycles. The van der Waals surface area contributed by atoms with Crippen molar-refractivity contribution in [1.82, 2.24) is 4.90 Å². The van der Waals surface area contributed by atoms with Gasteiger partial charge in [-0.2, -0.15) is 0 Å². The Bertz CT molecular complexity index is 1040. The second-order valence-corrected chi connectivity index (χ2v) is 7.82. The highest BCUT2D eigenvalue weighted by Gasteiger charge is 2.24. The molecule has 0 spiro atoms. The van der Waals surface area contributed by atoms with Gasteiger partial charge in [0, 0.05) is 32.7 Å². The van der Waals surface area contributed by atoms with Crippen molar-refractivity contribution in [1.29, 1.82) is 0 Å². The first-order valence-corrected chi connectivity index (χ1v) is 10.4. The molecule has 3 aromatic rings. The van der Waals surface area contributed by atoms with Crippen LogP contribution in [0.4, 0.5) is 11.4 Å². The van der Waals surface area contributed by atoms with Crippen molar-refractivity contribution in [2.75, 3.05) is 43.0 Å². The molecule has 5 heteroatoms. The molecule has 0 aliphatic carbocycles. The summed E-state index contributed by atoms with van der Waals surface area (Å²) in [5, 5.41) is 2.90. The minimum Gasteiger partial charge on any atom is -0.479 e. The zero-order chi connectivity index (χ0) is 20.3. The smallest absolute Gasteiger partial charge is 0.262 e. The second-order valence-electron chi connectivity index (χ2n) is 7.82. The summed E-state index contributed by atoms with van der Waals surface area (Å²) in [6.07, 6.45) is 0. The molecule has 152 valence electrons. The van der Waals surface area contributed by atoms with Crippen LogP contribution >= 0.6 is 0 Å². The highest BCUT2D eigenvalue weighted by Crippen LogP contribution is 2.38. The Labute approximate surface area is 176 Å². The summed E-state index contributed by atoms with van der Waals surface area (Å²) < 4.78 is 5.73. The molecule has 30 heavy (non-hydrogen) atoms. The number of ether oxygens (including phenoxy) is 1. The Morgan fingerprint density at radius 3 is 2.43 bits per heavy atom. The fourth-order valence-corrected chi connectivity index (χ4v) is 4.23. The molecule has 0 atom stereocenters. The van der Waals surface area contributed by atoms with E-state index in [1.165, 1.54) is 16.7 Å². The number of hydrogen-bond acceptors (Lipinski definition) is 4. The highest BCUT2D eigenvalue weighted by molar-refractivity contribution is 5.97. The molecule has 1 fully saturated rings. The average molecular weight is 399 g/mol. The third-order valence-corrected chi connectivity index (χ3v) is 5.77. The van der Waals surface area contributed by atoms with Crippen LogP contribution in [0, 0.1) is 0 Å². The number of piperazine rings is 1. The van der Waals surface area contributed by atoms with Gasteiger partial charge in [-0.1, -0.05) is 54.6 Å². The molecular weight excluding hydrogens is 374 g/mol. The van der Waals surface area contributed by atoms with Gasteiger partial charge in [0.25, 0.3) is 5.91 Å². The van der Waals surface area contributed by atoms with Gasteiger partial charge < -0.3 is 15.0 Å². The summed E-state index contributed by atoms with van der Waals surface area (Å²) in [4.78, 5) is 16.4. The molecule has 0 radical (unpaired) electrons. The van der Waals surface area contributed by atoms with E-state index < -0.39 is 0 Å². The molecule has 2 heterocycles. The molecule has 0 unspecified atom stereocenters. The number of fused-ring (bicyclic) bond motifs is 1. The largest absolute Gasteiger partial charge is 0.479 e. The first-order chi connectivity index (χ1) is 14.8. The van der Waals surface area contributed by atoms with E-state index in [9.17, 15) is 4.79 Å². The van der Waals surface area contributed by atoms with Gasteiger partial charge in [-0.25, -0.2) is 0 Å². The minimum absolute atomic E-state index is 0.0851. The van der Waals surface area contributed by atoms with Crippen molar-refractivity contribution in [3.05, 3.63) is 78.4 Å². The summed E-state index contributed by atoms with van der Waals surface area (Å²) in [6.45, 7) is 4.89. The number of carbonyl (C=O) groups excluding carboxylic acids is 1. The molecule has 5 nitrogen and oxygen atoms in total. The van der Waals surface area contributed by atoms with Crippen LogP contribution in [0.2, 0.25) is 0 Å². The van der Waals surface area contributed by atoms with Crippen molar-refractivity contribution in [2.24, 2.45) is 0 Å². The van der Waals surface area contributed by atoms with E-state index in [0.29, 0.717) is 0 Å². The molecule has 2 aliphatic rings. The van der Waals surface area contributed by atoms with Gasteiger partial charge in [-0.15, -0.1) is 0 Å². The molecule has 5 rings (SSSR count). The van der Waals surface area contributed by atoms with Crippen molar-refractivity contribution < 1.29 is 9.53 Å². The Morgan fingerprint density at radius 2 is 1.60 bits per heavy atom. The average Bonchev–Trinajstić information content (AvgIpc) is 2.80. The number of amides is 1. The van der Waals surface area contributed by atoms with Gasteiger partial charge in [0.2, 0.25) is 0 Å². The molecule has 0 aromatic heterocycles. The van der Waals surface area contributed by atoms with E-state index >= 15 is 0 Å². The lowest BCUT2D eigenvalue weighted by molar-refractivity contribution is -0.118. The molecular formula is C25H25N3O2. The molecule has 1 N–H and O–H groups in total. The predicted octanol–water partition coefficient (Wildman–Crippen LogP) is 4.01. The van der Waals surface area contributed by atoms with E-state index in [1.807, 2.05) is 12.1 Å². The lowest BCUT2D eigenvalue weighted by Gasteiger charge is -2.37. The normalized spacial score (nSPS) is 16.5. The van der Waals surface area contributed by atoms with Crippen molar-refractivity contribution in [3.8, 4) is 16.9 Å². The molecule has 1 amide bonds. The Balaban J connectivity index is 1.24. The van der Waals surface area contributed by atoms with Crippen LogP contribution in [0.3, 0.4) is 0 Å². The quantitative estimate of drug-likeness (QED) is 0.720. The van der Waals surface area contributed by atoms with Crippen molar-refractivity contribution in [3.63, 3.8) is 0 Å². The maximum absolute atomic E-state index is 11.6. The first kappa shape index (κ1) is 18.7. The number of benzene rings is 3. The fourth-order valence-electron chi connectivity index (χ4n) is 4.23. The van der Waals surface area contributed by atoms with Crippen LogP contribution < -0.4 is 15.0 Å². The minimum atomic E-state index is -0.0952. The SMILES string of the molecule is O=C1COc2c(cccc2N2CCN(Cc3cccc(-c4ccccc4)c3)CC2)N1. The van der Waals surface area contributed by atoms with Crippen molar-refractivity contribution in [2.45, 2.75) is 6.54 Å². The monoisotopic (exact) mass is 399 g/mol. The number of anilines is 2. The van der Waals surface area contributed by atoms with Crippen LogP contribution in [-0.4, -0.2) is 43.6 Å². The van der Waals surface area contributed by atoms with Crippen molar-refractivity contribution >= 4 is 17.3 Å². The Hall–Kier alpha value is -3.31. The molecule has 0 bridgehead atoms. The lowest BCUT2D eigenvalue weighted by Crippen LogP contribution is -2.46. The third kappa shape index (κ3) is 3.89. The van der Waals surface area contributed by atoms with Crippen LogP contribution in [0.25, 0.3) is 11.1 Å². The number of carbonyl (C=O) groups is 1. The standard InChI is InChI=1S/C25H25N3O2/c29-24-18-30-25-22(26-24)10-5-11-23(25)28-14-12-27(13-15-28)17-19-6-4-9-21(16-19)20-7-2-1-3-8-20/h1-11,16H,12-15,17-18H2,(H,26,29). The van der Waals surface area contributed by atoms with Gasteiger partial charge >= 0.3 is 0 Å². The molecule has 2 aliphatic heterocycles. The van der Waals surface area contributed by atoms with E-state index in [-0.39, 0.29) is 12.5 Å². The van der Waals surface area contributed by atoms with Gasteiger partial charge in [0.1, 0.15) is 0 Å². The van der Waals surface area contributed by atoms with Gasteiger partial charge in [0.15, 0.2) is 12.4 Å². The summed E-state index contributed by atoms with van der Waals surface area (Å²) in [7, 11) is 0. The van der Waals surface area contributed by atoms with Crippen LogP contribution in [0.15, 0.2) is 72.8 Å². The number of nitrogens with zero attached hydrogens (tertiary/aromatic N) is 2. The predicted molar refractivity (Wildman–Crippen MR) is 120 cm³/mol. The number of para-hydroxylation sites is 1. The fraction of sp³-hybridized carbons (Fsp3) is 0.240. The summed E-state index contributed by atoms with van der Waals surface area (Å²) in [5.41, 5.74) is 5.70. The first-order valence-electron chi connectivity index (χ1n) is 10.4. The Morgan fingerprint density at radius 1 is 0.833 bits per heavy atom. The van der Waals surface area contributed by atoms with Crippen LogP contribution in [0.5, 0.6) is 5.75 Å². The summed E-state index contributed by atoms with van der Waals surface area (Å²) >= 11 is 0. The van der Waals surface area contributed by atoms with Gasteiger partial charge in [-0.05, 0) is 34.9 Å². The van der Waals surface area contributed by atoms with E-state index in [4.69, 9.17) is 4.74 Å². The topological polar surface area (TPSA) is 44.8 Å². The summed E-state index contributed by atoms with van der Waals surface area (Å²) in [5.74, 6) is 0.698. The number of nitrogens with one attached hydrogen (secondary N) is 1. The van der Waals surface area contributed by atoms with Gasteiger partial charge in [0.05, 0.1) is 11.4 Å². The summed E-state index contributed by atoms with van der Waals surface area (Å²) in [6, 6.07) is 25.3. The maximum Gasteiger partial charge on any atom is 0.262 e. The lowest BCUT2D eigenvalue weighted by atomic mass is 10.0.